The number of hydrogen-bond donors (Lipinski definition) is 0. The van der Waals surface area contributed by atoms with Gasteiger partial charge < -0.3 is 0 Å². The minimum absolute atomic E-state index is 0.623. The van der Waals surface area contributed by atoms with Crippen molar-refractivity contribution in [1.82, 2.24) is 24.5 Å². The molecule has 5 nitrogen and oxygen atoms in total. The maximum atomic E-state index is 4.80. The number of aromatic nitrogens is 5. The molecule has 0 bridgehead atoms. The van der Waals surface area contributed by atoms with Gasteiger partial charge in [0.2, 0.25) is 0 Å². The van der Waals surface area contributed by atoms with Crippen LogP contribution in [0.1, 0.15) is 5.56 Å². The molecular formula is C18H14BrN5. The Bertz CT molecular complexity index is 927. The molecule has 0 spiro atoms. The second kappa shape index (κ2) is 6.41. The smallest absolute Gasteiger partial charge is 0.137 e. The molecule has 2 aromatic heterocycles. The molecule has 0 aliphatic carbocycles. The third-order valence-electron chi connectivity index (χ3n) is 3.73. The first-order chi connectivity index (χ1) is 11.8. The highest BCUT2D eigenvalue weighted by Crippen LogP contribution is 2.25. The van der Waals surface area contributed by atoms with Gasteiger partial charge in [-0.05, 0) is 24.3 Å². The first-order valence-corrected chi connectivity index (χ1v) is 8.31. The second-order valence-corrected chi connectivity index (χ2v) is 6.30. The number of nitrogens with zero attached hydrogens (tertiary/aromatic N) is 5. The van der Waals surface area contributed by atoms with Crippen LogP contribution in [-0.2, 0) is 6.54 Å². The Hall–Kier alpha value is -2.73. The minimum Gasteiger partial charge on any atom is -0.248 e. The first-order valence-electron chi connectivity index (χ1n) is 7.52. The lowest BCUT2D eigenvalue weighted by Crippen LogP contribution is -2.00. The highest BCUT2D eigenvalue weighted by Gasteiger charge is 2.13. The number of para-hydroxylation sites is 1. The van der Waals surface area contributed by atoms with Crippen molar-refractivity contribution >= 4 is 15.9 Å². The molecule has 0 unspecified atom stereocenters. The third kappa shape index (κ3) is 3.00. The van der Waals surface area contributed by atoms with Crippen LogP contribution in [0.2, 0.25) is 0 Å². The Morgan fingerprint density at radius 2 is 1.75 bits per heavy atom. The quantitative estimate of drug-likeness (QED) is 0.539. The number of benzene rings is 2. The van der Waals surface area contributed by atoms with Gasteiger partial charge in [-0.1, -0.05) is 46.3 Å². The highest BCUT2D eigenvalue weighted by atomic mass is 79.9. The van der Waals surface area contributed by atoms with Gasteiger partial charge in [0.05, 0.1) is 17.9 Å². The fourth-order valence-electron chi connectivity index (χ4n) is 2.58. The second-order valence-electron chi connectivity index (χ2n) is 5.38. The topological polar surface area (TPSA) is 48.5 Å². The van der Waals surface area contributed by atoms with E-state index in [9.17, 15) is 0 Å². The van der Waals surface area contributed by atoms with Gasteiger partial charge in [0.25, 0.3) is 0 Å². The van der Waals surface area contributed by atoms with Crippen LogP contribution >= 0.6 is 15.9 Å². The summed E-state index contributed by atoms with van der Waals surface area (Å²) in [4.78, 5) is 4.02. The molecule has 0 fully saturated rings. The molecule has 0 atom stereocenters. The van der Waals surface area contributed by atoms with Gasteiger partial charge in [-0.25, -0.2) is 14.3 Å². The summed E-state index contributed by atoms with van der Waals surface area (Å²) in [5.41, 5.74) is 4.14. The molecule has 0 amide bonds. The number of hydrogen-bond acceptors (Lipinski definition) is 3. The van der Waals surface area contributed by atoms with Crippen LogP contribution in [0, 0.1) is 0 Å². The first kappa shape index (κ1) is 14.8. The van der Waals surface area contributed by atoms with Crippen molar-refractivity contribution in [2.75, 3.05) is 0 Å². The largest absolute Gasteiger partial charge is 0.248 e. The lowest BCUT2D eigenvalue weighted by Gasteiger charge is -2.02. The average molecular weight is 380 g/mol. The predicted molar refractivity (Wildman–Crippen MR) is 95.8 cm³/mol. The van der Waals surface area contributed by atoms with E-state index >= 15 is 0 Å². The third-order valence-corrected chi connectivity index (χ3v) is 4.26. The molecule has 4 aromatic rings. The number of rotatable bonds is 4. The van der Waals surface area contributed by atoms with E-state index in [1.807, 2.05) is 53.3 Å². The van der Waals surface area contributed by atoms with Crippen molar-refractivity contribution in [2.24, 2.45) is 0 Å². The monoisotopic (exact) mass is 379 g/mol. The fraction of sp³-hybridized carbons (Fsp3) is 0.0556. The van der Waals surface area contributed by atoms with Crippen molar-refractivity contribution in [3.05, 3.63) is 83.5 Å². The summed E-state index contributed by atoms with van der Waals surface area (Å²) in [7, 11) is 0. The predicted octanol–water partition coefficient (Wildman–Crippen LogP) is 3.94. The van der Waals surface area contributed by atoms with E-state index < -0.39 is 0 Å². The summed E-state index contributed by atoms with van der Waals surface area (Å²) in [6.07, 6.45) is 5.31. The summed E-state index contributed by atoms with van der Waals surface area (Å²) in [5.74, 6) is 0. The van der Waals surface area contributed by atoms with Crippen molar-refractivity contribution in [1.29, 1.82) is 0 Å². The normalized spacial score (nSPS) is 10.9. The molecule has 118 valence electrons. The van der Waals surface area contributed by atoms with Crippen LogP contribution in [0.4, 0.5) is 0 Å². The maximum absolute atomic E-state index is 4.80. The van der Waals surface area contributed by atoms with Gasteiger partial charge in [-0.15, -0.1) is 0 Å². The standard InChI is InChI=1S/C18H14BrN5/c19-16-8-6-14(7-9-16)18-15(10-23-13-20-12-21-23)11-24(22-18)17-4-2-1-3-5-17/h1-9,11-13H,10H2. The fourth-order valence-corrected chi connectivity index (χ4v) is 2.84. The van der Waals surface area contributed by atoms with Crippen LogP contribution in [0.25, 0.3) is 16.9 Å². The molecule has 6 heteroatoms. The minimum atomic E-state index is 0.623. The molecule has 24 heavy (non-hydrogen) atoms. The molecule has 0 radical (unpaired) electrons. The van der Waals surface area contributed by atoms with Gasteiger partial charge in [-0.3, -0.25) is 0 Å². The zero-order valence-electron chi connectivity index (χ0n) is 12.7. The van der Waals surface area contributed by atoms with Crippen LogP contribution in [-0.4, -0.2) is 24.5 Å². The van der Waals surface area contributed by atoms with E-state index in [1.54, 1.807) is 17.3 Å². The van der Waals surface area contributed by atoms with Crippen LogP contribution in [0.15, 0.2) is 77.9 Å². The summed E-state index contributed by atoms with van der Waals surface area (Å²) in [6.45, 7) is 0.623. The van der Waals surface area contributed by atoms with Crippen molar-refractivity contribution < 1.29 is 0 Å². The Morgan fingerprint density at radius 1 is 0.958 bits per heavy atom. The summed E-state index contributed by atoms with van der Waals surface area (Å²) >= 11 is 3.48. The summed E-state index contributed by atoms with van der Waals surface area (Å²) < 4.78 is 4.75. The van der Waals surface area contributed by atoms with Crippen molar-refractivity contribution in [2.45, 2.75) is 6.54 Å². The van der Waals surface area contributed by atoms with E-state index in [0.29, 0.717) is 6.54 Å². The van der Waals surface area contributed by atoms with Gasteiger partial charge in [0.1, 0.15) is 12.7 Å². The average Bonchev–Trinajstić information content (AvgIpc) is 3.27. The van der Waals surface area contributed by atoms with E-state index in [4.69, 9.17) is 5.10 Å². The van der Waals surface area contributed by atoms with Crippen LogP contribution in [0.3, 0.4) is 0 Å². The van der Waals surface area contributed by atoms with Crippen molar-refractivity contribution in [3.63, 3.8) is 0 Å². The maximum Gasteiger partial charge on any atom is 0.137 e. The molecular weight excluding hydrogens is 366 g/mol. The SMILES string of the molecule is Brc1ccc(-c2nn(-c3ccccc3)cc2Cn2cncn2)cc1. The molecule has 0 aliphatic heterocycles. The van der Waals surface area contributed by atoms with Crippen LogP contribution < -0.4 is 0 Å². The summed E-state index contributed by atoms with van der Waals surface area (Å²) in [5, 5.41) is 9.00. The van der Waals surface area contributed by atoms with E-state index in [1.165, 1.54) is 0 Å². The van der Waals surface area contributed by atoms with Crippen molar-refractivity contribution in [3.8, 4) is 16.9 Å². The Labute approximate surface area is 147 Å². The van der Waals surface area contributed by atoms with E-state index in [-0.39, 0.29) is 0 Å². The van der Waals surface area contributed by atoms with Gasteiger partial charge in [-0.2, -0.15) is 10.2 Å². The Morgan fingerprint density at radius 3 is 2.46 bits per heavy atom. The number of halogens is 1. The van der Waals surface area contributed by atoms with E-state index in [2.05, 4.69) is 38.1 Å². The molecule has 0 saturated heterocycles. The lowest BCUT2D eigenvalue weighted by atomic mass is 10.1. The van der Waals surface area contributed by atoms with Gasteiger partial charge >= 0.3 is 0 Å². The van der Waals surface area contributed by atoms with E-state index in [0.717, 1.165) is 27.0 Å². The molecule has 2 aromatic carbocycles. The Kier molecular flexibility index (Phi) is 3.96. The Balaban J connectivity index is 1.80. The highest BCUT2D eigenvalue weighted by molar-refractivity contribution is 9.10. The van der Waals surface area contributed by atoms with Gasteiger partial charge in [0.15, 0.2) is 0 Å². The summed E-state index contributed by atoms with van der Waals surface area (Å²) in [6, 6.07) is 18.3. The van der Waals surface area contributed by atoms with Crippen LogP contribution in [0.5, 0.6) is 0 Å². The van der Waals surface area contributed by atoms with Gasteiger partial charge in [0, 0.05) is 21.8 Å². The molecule has 4 rings (SSSR count). The molecule has 0 aliphatic rings. The molecule has 2 heterocycles. The zero-order chi connectivity index (χ0) is 16.4. The lowest BCUT2D eigenvalue weighted by molar-refractivity contribution is 0.685. The zero-order valence-corrected chi connectivity index (χ0v) is 14.3. The molecule has 0 saturated carbocycles. The molecule has 0 N–H and O–H groups in total.